The quantitative estimate of drug-likeness (QED) is 0.638. The van der Waals surface area contributed by atoms with Gasteiger partial charge in [-0.3, -0.25) is 4.79 Å². The van der Waals surface area contributed by atoms with Crippen molar-refractivity contribution in [3.63, 3.8) is 0 Å². The molecule has 0 aliphatic heterocycles. The summed E-state index contributed by atoms with van der Waals surface area (Å²) in [5, 5.41) is 2.78. The van der Waals surface area contributed by atoms with Gasteiger partial charge in [0.15, 0.2) is 0 Å². The van der Waals surface area contributed by atoms with Crippen LogP contribution in [0.2, 0.25) is 0 Å². The maximum Gasteiger partial charge on any atom is 0.255 e. The molecule has 2 N–H and O–H groups in total. The van der Waals surface area contributed by atoms with Crippen molar-refractivity contribution < 1.29 is 17.9 Å². The van der Waals surface area contributed by atoms with E-state index in [1.807, 2.05) is 20.8 Å². The number of ether oxygens (including phenoxy) is 1. The minimum absolute atomic E-state index is 0.0803. The van der Waals surface area contributed by atoms with Gasteiger partial charge in [0.25, 0.3) is 5.91 Å². The van der Waals surface area contributed by atoms with Crippen LogP contribution in [0.5, 0.6) is 5.75 Å². The number of hydrogen-bond donors (Lipinski definition) is 2. The Hall–Kier alpha value is -2.38. The molecule has 0 aliphatic carbocycles. The monoisotopic (exact) mass is 390 g/mol. The van der Waals surface area contributed by atoms with E-state index in [1.54, 1.807) is 24.3 Å². The lowest BCUT2D eigenvalue weighted by atomic mass is 10.2. The first-order valence-electron chi connectivity index (χ1n) is 8.99. The minimum atomic E-state index is -3.54. The van der Waals surface area contributed by atoms with Crippen molar-refractivity contribution in [1.29, 1.82) is 0 Å². The summed E-state index contributed by atoms with van der Waals surface area (Å²) < 4.78 is 32.4. The van der Waals surface area contributed by atoms with Gasteiger partial charge in [0.1, 0.15) is 5.75 Å². The summed E-state index contributed by atoms with van der Waals surface area (Å²) >= 11 is 0. The number of unbranched alkanes of at least 4 members (excludes halogenated alkanes) is 1. The Balaban J connectivity index is 2.01. The van der Waals surface area contributed by atoms with Crippen LogP contribution in [0.4, 0.5) is 5.69 Å². The van der Waals surface area contributed by atoms with E-state index in [2.05, 4.69) is 10.0 Å². The number of sulfonamides is 1. The molecule has 6 nitrogen and oxygen atoms in total. The standard InChI is InChI=1S/C20H26N2O4S/c1-4-5-14-21-27(24,25)19-12-6-16(7-13-19)20(23)22-17-8-10-18(11-9-17)26-15(2)3/h6-13,15,21H,4-5,14H2,1-3H3,(H,22,23). The van der Waals surface area contributed by atoms with Crippen LogP contribution in [-0.2, 0) is 10.0 Å². The zero-order valence-electron chi connectivity index (χ0n) is 15.9. The second kappa shape index (κ2) is 9.53. The van der Waals surface area contributed by atoms with E-state index in [4.69, 9.17) is 4.74 Å². The van der Waals surface area contributed by atoms with Crippen molar-refractivity contribution in [1.82, 2.24) is 4.72 Å². The van der Waals surface area contributed by atoms with Crippen LogP contribution in [0.25, 0.3) is 0 Å². The Morgan fingerprint density at radius 2 is 1.67 bits per heavy atom. The summed E-state index contributed by atoms with van der Waals surface area (Å²) in [6.45, 7) is 6.28. The third-order valence-corrected chi connectivity index (χ3v) is 5.21. The molecule has 2 rings (SSSR count). The molecule has 0 spiro atoms. The molecule has 0 aliphatic rings. The van der Waals surface area contributed by atoms with Crippen LogP contribution in [0.15, 0.2) is 53.4 Å². The lowest BCUT2D eigenvalue weighted by molar-refractivity contribution is 0.102. The first-order chi connectivity index (χ1) is 12.8. The molecule has 0 fully saturated rings. The fraction of sp³-hybridized carbons (Fsp3) is 0.350. The van der Waals surface area contributed by atoms with E-state index in [-0.39, 0.29) is 16.9 Å². The lowest BCUT2D eigenvalue weighted by Gasteiger charge is -2.11. The Morgan fingerprint density at radius 1 is 1.04 bits per heavy atom. The van der Waals surface area contributed by atoms with E-state index >= 15 is 0 Å². The zero-order chi connectivity index (χ0) is 19.9. The van der Waals surface area contributed by atoms with Crippen molar-refractivity contribution in [3.8, 4) is 5.75 Å². The Morgan fingerprint density at radius 3 is 2.22 bits per heavy atom. The van der Waals surface area contributed by atoms with Gasteiger partial charge in [0.2, 0.25) is 10.0 Å². The van der Waals surface area contributed by atoms with Gasteiger partial charge in [-0.1, -0.05) is 13.3 Å². The molecule has 146 valence electrons. The van der Waals surface area contributed by atoms with E-state index in [0.29, 0.717) is 17.8 Å². The summed E-state index contributed by atoms with van der Waals surface area (Å²) in [5.74, 6) is 0.420. The second-order valence-electron chi connectivity index (χ2n) is 6.42. The van der Waals surface area contributed by atoms with Gasteiger partial charge in [0, 0.05) is 17.8 Å². The summed E-state index contributed by atoms with van der Waals surface area (Å²) in [6, 6.07) is 12.9. The molecule has 0 radical (unpaired) electrons. The van der Waals surface area contributed by atoms with Crippen LogP contribution in [0.1, 0.15) is 44.0 Å². The van der Waals surface area contributed by atoms with Crippen molar-refractivity contribution in [2.45, 2.75) is 44.6 Å². The van der Waals surface area contributed by atoms with Crippen molar-refractivity contribution in [3.05, 3.63) is 54.1 Å². The minimum Gasteiger partial charge on any atom is -0.491 e. The largest absolute Gasteiger partial charge is 0.491 e. The molecule has 0 heterocycles. The van der Waals surface area contributed by atoms with Crippen molar-refractivity contribution in [2.24, 2.45) is 0 Å². The molecule has 0 atom stereocenters. The highest BCUT2D eigenvalue weighted by atomic mass is 32.2. The molecular weight excluding hydrogens is 364 g/mol. The normalized spacial score (nSPS) is 11.4. The number of hydrogen-bond acceptors (Lipinski definition) is 4. The van der Waals surface area contributed by atoms with Gasteiger partial charge in [0.05, 0.1) is 11.0 Å². The summed E-state index contributed by atoms with van der Waals surface area (Å²) in [7, 11) is -3.54. The maximum absolute atomic E-state index is 12.3. The molecule has 2 aromatic carbocycles. The van der Waals surface area contributed by atoms with Crippen LogP contribution < -0.4 is 14.8 Å². The number of amides is 1. The lowest BCUT2D eigenvalue weighted by Crippen LogP contribution is -2.24. The topological polar surface area (TPSA) is 84.5 Å². The molecule has 7 heteroatoms. The number of nitrogens with one attached hydrogen (secondary N) is 2. The van der Waals surface area contributed by atoms with E-state index in [1.165, 1.54) is 24.3 Å². The van der Waals surface area contributed by atoms with Gasteiger partial charge in [-0.15, -0.1) is 0 Å². The highest BCUT2D eigenvalue weighted by Crippen LogP contribution is 2.18. The van der Waals surface area contributed by atoms with Crippen molar-refractivity contribution >= 4 is 21.6 Å². The maximum atomic E-state index is 12.3. The van der Waals surface area contributed by atoms with Gasteiger partial charge in [-0.05, 0) is 68.8 Å². The highest BCUT2D eigenvalue weighted by molar-refractivity contribution is 7.89. The van der Waals surface area contributed by atoms with E-state index < -0.39 is 10.0 Å². The highest BCUT2D eigenvalue weighted by Gasteiger charge is 2.14. The SMILES string of the molecule is CCCCNS(=O)(=O)c1ccc(C(=O)Nc2ccc(OC(C)C)cc2)cc1. The fourth-order valence-corrected chi connectivity index (χ4v) is 3.42. The molecule has 2 aromatic rings. The van der Waals surface area contributed by atoms with Gasteiger partial charge in [-0.25, -0.2) is 13.1 Å². The predicted molar refractivity (Wildman–Crippen MR) is 107 cm³/mol. The molecule has 0 aromatic heterocycles. The summed E-state index contributed by atoms with van der Waals surface area (Å²) in [5.41, 5.74) is 1.01. The number of rotatable bonds is 9. The Bertz CT molecular complexity index is 845. The number of benzene rings is 2. The third-order valence-electron chi connectivity index (χ3n) is 3.73. The van der Waals surface area contributed by atoms with E-state index in [9.17, 15) is 13.2 Å². The number of carbonyl (C=O) groups is 1. The Labute approximate surface area is 161 Å². The van der Waals surface area contributed by atoms with Crippen LogP contribution >= 0.6 is 0 Å². The second-order valence-corrected chi connectivity index (χ2v) is 8.19. The Kier molecular flexibility index (Phi) is 7.38. The summed E-state index contributed by atoms with van der Waals surface area (Å²) in [4.78, 5) is 12.5. The number of anilines is 1. The molecule has 0 bridgehead atoms. The summed E-state index contributed by atoms with van der Waals surface area (Å²) in [6.07, 6.45) is 1.77. The molecular formula is C20H26N2O4S. The molecule has 27 heavy (non-hydrogen) atoms. The van der Waals surface area contributed by atoms with Gasteiger partial charge in [-0.2, -0.15) is 0 Å². The zero-order valence-corrected chi connectivity index (χ0v) is 16.7. The van der Waals surface area contributed by atoms with Gasteiger partial charge < -0.3 is 10.1 Å². The first kappa shape index (κ1) is 20.9. The predicted octanol–water partition coefficient (Wildman–Crippen LogP) is 3.80. The first-order valence-corrected chi connectivity index (χ1v) is 10.5. The van der Waals surface area contributed by atoms with Crippen LogP contribution in [-0.4, -0.2) is 27.0 Å². The molecule has 1 amide bonds. The smallest absolute Gasteiger partial charge is 0.255 e. The van der Waals surface area contributed by atoms with E-state index in [0.717, 1.165) is 18.6 Å². The average Bonchev–Trinajstić information content (AvgIpc) is 2.63. The molecule has 0 saturated carbocycles. The van der Waals surface area contributed by atoms with Crippen LogP contribution in [0.3, 0.4) is 0 Å². The molecule has 0 saturated heterocycles. The van der Waals surface area contributed by atoms with Crippen molar-refractivity contribution in [2.75, 3.05) is 11.9 Å². The average molecular weight is 391 g/mol. The number of carbonyl (C=O) groups excluding carboxylic acids is 1. The third kappa shape index (κ3) is 6.37. The fourth-order valence-electron chi connectivity index (χ4n) is 2.34. The molecule has 0 unspecified atom stereocenters. The van der Waals surface area contributed by atoms with Crippen LogP contribution in [0, 0.1) is 0 Å². The van der Waals surface area contributed by atoms with Gasteiger partial charge >= 0.3 is 0 Å².